The summed E-state index contributed by atoms with van der Waals surface area (Å²) in [4.78, 5) is 0. The first-order valence-electron chi connectivity index (χ1n) is 5.61. The van der Waals surface area contributed by atoms with Gasteiger partial charge in [0.2, 0.25) is 0 Å². The normalized spacial score (nSPS) is 14.9. The Bertz CT molecular complexity index is 279. The fourth-order valence-corrected chi connectivity index (χ4v) is 1.68. The summed E-state index contributed by atoms with van der Waals surface area (Å²) in [5, 5.41) is 9.15. The molecule has 2 atom stereocenters. The molecule has 2 nitrogen and oxygen atoms in total. The third-order valence-corrected chi connectivity index (χ3v) is 2.64. The lowest BCUT2D eigenvalue weighted by atomic mass is 9.95. The van der Waals surface area contributed by atoms with E-state index in [0.29, 0.717) is 17.7 Å². The van der Waals surface area contributed by atoms with Crippen LogP contribution in [0.5, 0.6) is 5.75 Å². The van der Waals surface area contributed by atoms with Crippen molar-refractivity contribution >= 4 is 0 Å². The van der Waals surface area contributed by atoms with Crippen molar-refractivity contribution in [1.29, 1.82) is 0 Å². The van der Waals surface area contributed by atoms with Crippen LogP contribution in [0, 0.1) is 5.92 Å². The van der Waals surface area contributed by atoms with Crippen molar-refractivity contribution in [1.82, 2.24) is 0 Å². The van der Waals surface area contributed by atoms with Crippen LogP contribution in [0.15, 0.2) is 24.3 Å². The van der Waals surface area contributed by atoms with Crippen LogP contribution in [-0.2, 0) is 6.42 Å². The van der Waals surface area contributed by atoms with Crippen molar-refractivity contribution in [3.05, 3.63) is 29.8 Å². The average Bonchev–Trinajstić information content (AvgIpc) is 2.19. The highest BCUT2D eigenvalue weighted by Crippen LogP contribution is 2.16. The number of phenolic OH excluding ortho intramolecular Hbond substituents is 1. The molecular formula is C13H21NO. The van der Waals surface area contributed by atoms with Gasteiger partial charge in [-0.1, -0.05) is 19.1 Å². The third-order valence-electron chi connectivity index (χ3n) is 2.64. The SMILES string of the molecule is C[C@H](CC[C@H](C)N)Cc1ccc(O)cc1. The van der Waals surface area contributed by atoms with Crippen LogP contribution in [0.2, 0.25) is 0 Å². The number of hydrogen-bond acceptors (Lipinski definition) is 2. The number of nitrogens with two attached hydrogens (primary N) is 1. The smallest absolute Gasteiger partial charge is 0.115 e. The largest absolute Gasteiger partial charge is 0.508 e. The first-order chi connectivity index (χ1) is 7.08. The van der Waals surface area contributed by atoms with Crippen molar-refractivity contribution in [2.75, 3.05) is 0 Å². The molecule has 0 aliphatic heterocycles. The van der Waals surface area contributed by atoms with Gasteiger partial charge in [-0.2, -0.15) is 0 Å². The second-order valence-corrected chi connectivity index (χ2v) is 4.53. The summed E-state index contributed by atoms with van der Waals surface area (Å²) < 4.78 is 0. The second-order valence-electron chi connectivity index (χ2n) is 4.53. The van der Waals surface area contributed by atoms with Crippen molar-refractivity contribution in [2.24, 2.45) is 11.7 Å². The van der Waals surface area contributed by atoms with Crippen LogP contribution < -0.4 is 5.73 Å². The minimum Gasteiger partial charge on any atom is -0.508 e. The Morgan fingerprint density at radius 3 is 2.27 bits per heavy atom. The van der Waals surface area contributed by atoms with E-state index in [0.717, 1.165) is 12.8 Å². The first-order valence-corrected chi connectivity index (χ1v) is 5.61. The van der Waals surface area contributed by atoms with Crippen molar-refractivity contribution in [2.45, 2.75) is 39.2 Å². The van der Waals surface area contributed by atoms with Crippen molar-refractivity contribution < 1.29 is 5.11 Å². The monoisotopic (exact) mass is 207 g/mol. The first kappa shape index (κ1) is 12.1. The Hall–Kier alpha value is -1.02. The molecule has 1 aromatic carbocycles. The maximum Gasteiger partial charge on any atom is 0.115 e. The topological polar surface area (TPSA) is 46.2 Å². The molecule has 84 valence electrons. The molecular weight excluding hydrogens is 186 g/mol. The van der Waals surface area contributed by atoms with E-state index in [1.54, 1.807) is 12.1 Å². The number of phenols is 1. The van der Waals surface area contributed by atoms with Crippen molar-refractivity contribution in [3.8, 4) is 5.75 Å². The standard InChI is InChI=1S/C13H21NO/c1-10(3-4-11(2)14)9-12-5-7-13(15)8-6-12/h5-8,10-11,15H,3-4,9,14H2,1-2H3/t10-,11+/m1/s1. The predicted molar refractivity (Wildman–Crippen MR) is 63.9 cm³/mol. The van der Waals surface area contributed by atoms with E-state index < -0.39 is 0 Å². The molecule has 0 radical (unpaired) electrons. The van der Waals surface area contributed by atoms with Crippen molar-refractivity contribution in [3.63, 3.8) is 0 Å². The van der Waals surface area contributed by atoms with E-state index in [4.69, 9.17) is 10.8 Å². The lowest BCUT2D eigenvalue weighted by molar-refractivity contribution is 0.470. The summed E-state index contributed by atoms with van der Waals surface area (Å²) in [5.74, 6) is 0.988. The predicted octanol–water partition coefficient (Wildman–Crippen LogP) is 2.70. The van der Waals surface area contributed by atoms with Gasteiger partial charge in [0.05, 0.1) is 0 Å². The molecule has 0 unspecified atom stereocenters. The summed E-state index contributed by atoms with van der Waals surface area (Å²) in [5.41, 5.74) is 7.00. The van der Waals surface area contributed by atoms with Gasteiger partial charge in [-0.25, -0.2) is 0 Å². The van der Waals surface area contributed by atoms with Crippen LogP contribution >= 0.6 is 0 Å². The summed E-state index contributed by atoms with van der Waals surface area (Å²) >= 11 is 0. The highest BCUT2D eigenvalue weighted by Gasteiger charge is 2.05. The van der Waals surface area contributed by atoms with Gasteiger partial charge in [-0.15, -0.1) is 0 Å². The molecule has 1 rings (SSSR count). The van der Waals surface area contributed by atoms with Gasteiger partial charge in [0.15, 0.2) is 0 Å². The average molecular weight is 207 g/mol. The fraction of sp³-hybridized carbons (Fsp3) is 0.538. The highest BCUT2D eigenvalue weighted by atomic mass is 16.3. The van der Waals surface area contributed by atoms with E-state index in [-0.39, 0.29) is 0 Å². The van der Waals surface area contributed by atoms with Gasteiger partial charge in [0, 0.05) is 6.04 Å². The molecule has 0 aromatic heterocycles. The van der Waals surface area contributed by atoms with Crippen LogP contribution in [-0.4, -0.2) is 11.1 Å². The minimum absolute atomic E-state index is 0.298. The van der Waals surface area contributed by atoms with Gasteiger partial charge in [-0.05, 0) is 49.8 Å². The van der Waals surface area contributed by atoms with Crippen LogP contribution in [0.1, 0.15) is 32.3 Å². The second kappa shape index (κ2) is 5.76. The summed E-state index contributed by atoms with van der Waals surface area (Å²) in [7, 11) is 0. The number of rotatable bonds is 5. The van der Waals surface area contributed by atoms with E-state index in [1.807, 2.05) is 19.1 Å². The molecule has 0 aliphatic carbocycles. The molecule has 0 fully saturated rings. The molecule has 0 amide bonds. The van der Waals surface area contributed by atoms with Crippen LogP contribution in [0.25, 0.3) is 0 Å². The zero-order chi connectivity index (χ0) is 11.3. The Kier molecular flexibility index (Phi) is 4.63. The zero-order valence-electron chi connectivity index (χ0n) is 9.61. The molecule has 2 heteroatoms. The van der Waals surface area contributed by atoms with Gasteiger partial charge in [0.25, 0.3) is 0 Å². The molecule has 0 saturated carbocycles. The molecule has 0 aliphatic rings. The quantitative estimate of drug-likeness (QED) is 0.779. The van der Waals surface area contributed by atoms with E-state index in [9.17, 15) is 0 Å². The van der Waals surface area contributed by atoms with Crippen LogP contribution in [0.4, 0.5) is 0 Å². The summed E-state index contributed by atoms with van der Waals surface area (Å²) in [6.07, 6.45) is 3.31. The van der Waals surface area contributed by atoms with Gasteiger partial charge >= 0.3 is 0 Å². The van der Waals surface area contributed by atoms with E-state index >= 15 is 0 Å². The molecule has 15 heavy (non-hydrogen) atoms. The number of benzene rings is 1. The van der Waals surface area contributed by atoms with Gasteiger partial charge in [-0.3, -0.25) is 0 Å². The van der Waals surface area contributed by atoms with Gasteiger partial charge < -0.3 is 10.8 Å². The molecule has 1 aromatic rings. The van der Waals surface area contributed by atoms with E-state index in [2.05, 4.69) is 6.92 Å². The fourth-order valence-electron chi connectivity index (χ4n) is 1.68. The molecule has 0 spiro atoms. The Labute approximate surface area is 92.1 Å². The Balaban J connectivity index is 2.37. The maximum atomic E-state index is 9.15. The summed E-state index contributed by atoms with van der Waals surface area (Å²) in [6.45, 7) is 4.29. The number of aromatic hydroxyl groups is 1. The number of hydrogen-bond donors (Lipinski definition) is 2. The molecule has 3 N–H and O–H groups in total. The maximum absolute atomic E-state index is 9.15. The lowest BCUT2D eigenvalue weighted by Gasteiger charge is -2.12. The molecule has 0 bridgehead atoms. The summed E-state index contributed by atoms with van der Waals surface area (Å²) in [6, 6.07) is 7.75. The molecule has 0 saturated heterocycles. The van der Waals surface area contributed by atoms with Crippen LogP contribution in [0.3, 0.4) is 0 Å². The van der Waals surface area contributed by atoms with Gasteiger partial charge in [0.1, 0.15) is 5.75 Å². The Morgan fingerprint density at radius 2 is 1.73 bits per heavy atom. The van der Waals surface area contributed by atoms with E-state index in [1.165, 1.54) is 12.0 Å². The Morgan fingerprint density at radius 1 is 1.13 bits per heavy atom. The zero-order valence-corrected chi connectivity index (χ0v) is 9.61. The lowest BCUT2D eigenvalue weighted by Crippen LogP contribution is -2.16. The minimum atomic E-state index is 0.298. The molecule has 0 heterocycles. The highest BCUT2D eigenvalue weighted by molar-refractivity contribution is 5.26. The third kappa shape index (κ3) is 4.84.